The summed E-state index contributed by atoms with van der Waals surface area (Å²) in [5.74, 6) is 0.435. The summed E-state index contributed by atoms with van der Waals surface area (Å²) in [4.78, 5) is 0. The quantitative estimate of drug-likeness (QED) is 0.714. The summed E-state index contributed by atoms with van der Waals surface area (Å²) in [5, 5.41) is 0. The topological polar surface area (TPSA) is 46.5 Å². The fraction of sp³-hybridized carbons (Fsp3) is 0. The van der Waals surface area contributed by atoms with Crippen molar-refractivity contribution >= 4 is 14.5 Å². The zero-order chi connectivity index (χ0) is 7.40. The Kier molecular flexibility index (Phi) is 2.57. The third-order valence-corrected chi connectivity index (χ3v) is 1.61. The molecule has 1 rings (SSSR count). The van der Waals surface area contributed by atoms with E-state index < -0.39 is 14.5 Å². The third kappa shape index (κ3) is 2.27. The molecule has 0 bridgehead atoms. The van der Waals surface area contributed by atoms with Crippen molar-refractivity contribution in [3.63, 3.8) is 0 Å². The first kappa shape index (κ1) is 7.41. The Hall–Kier alpha value is -0.701. The number of benzene rings is 1. The van der Waals surface area contributed by atoms with Gasteiger partial charge in [-0.1, -0.05) is 0 Å². The number of para-hydroxylation sites is 1. The van der Waals surface area contributed by atoms with Gasteiger partial charge in [0.05, 0.1) is 0 Å². The summed E-state index contributed by atoms with van der Waals surface area (Å²) in [5.41, 5.74) is 0. The van der Waals surface area contributed by atoms with E-state index in [2.05, 4.69) is 3.82 Å². The molecule has 10 heavy (non-hydrogen) atoms. The Bertz CT molecular complexity index is 222. The fourth-order valence-corrected chi connectivity index (χ4v) is 1.14. The summed E-state index contributed by atoms with van der Waals surface area (Å²) in [7, 11) is 0. The van der Waals surface area contributed by atoms with Gasteiger partial charge in [-0.25, -0.2) is 0 Å². The molecule has 0 saturated carbocycles. The van der Waals surface area contributed by atoms with Gasteiger partial charge < -0.3 is 0 Å². The predicted octanol–water partition coefficient (Wildman–Crippen LogP) is 0.473. The van der Waals surface area contributed by atoms with Crippen LogP contribution in [0.4, 0.5) is 0 Å². The molecule has 0 fully saturated rings. The van der Waals surface area contributed by atoms with Crippen molar-refractivity contribution in [1.82, 2.24) is 0 Å². The SMILES string of the molecule is O=[Se](O)Oc1ccccc1. The number of hydrogen-bond donors (Lipinski definition) is 1. The zero-order valence-corrected chi connectivity index (χ0v) is 6.77. The molecule has 0 aliphatic heterocycles. The summed E-state index contributed by atoms with van der Waals surface area (Å²) in [6.07, 6.45) is 0. The molecule has 3 nitrogen and oxygen atoms in total. The molecule has 0 saturated heterocycles. The molecule has 1 aromatic carbocycles. The van der Waals surface area contributed by atoms with Crippen LogP contribution in [0, 0.1) is 0 Å². The first-order valence-corrected chi connectivity index (χ1v) is 4.80. The van der Waals surface area contributed by atoms with Gasteiger partial charge in [0.1, 0.15) is 0 Å². The third-order valence-electron chi connectivity index (χ3n) is 0.911. The van der Waals surface area contributed by atoms with E-state index >= 15 is 0 Å². The predicted molar refractivity (Wildman–Crippen MR) is 35.7 cm³/mol. The van der Waals surface area contributed by atoms with Crippen LogP contribution in [0.5, 0.6) is 5.75 Å². The molecule has 1 unspecified atom stereocenters. The average Bonchev–Trinajstić information content (AvgIpc) is 1.88. The van der Waals surface area contributed by atoms with Crippen molar-refractivity contribution in [3.05, 3.63) is 30.3 Å². The molecule has 0 spiro atoms. The van der Waals surface area contributed by atoms with Crippen molar-refractivity contribution < 1.29 is 11.8 Å². The van der Waals surface area contributed by atoms with Gasteiger partial charge in [0.25, 0.3) is 0 Å². The van der Waals surface area contributed by atoms with Crippen molar-refractivity contribution in [2.45, 2.75) is 0 Å². The van der Waals surface area contributed by atoms with Crippen molar-refractivity contribution in [2.75, 3.05) is 0 Å². The summed E-state index contributed by atoms with van der Waals surface area (Å²) < 4.78 is 23.0. The van der Waals surface area contributed by atoms with E-state index in [1.165, 1.54) is 0 Å². The van der Waals surface area contributed by atoms with Crippen LogP contribution < -0.4 is 3.82 Å². The Labute approximate surface area is 63.0 Å². The first-order valence-electron chi connectivity index (χ1n) is 2.63. The second-order valence-corrected chi connectivity index (χ2v) is 2.87. The Morgan fingerprint density at radius 2 is 1.90 bits per heavy atom. The Morgan fingerprint density at radius 1 is 1.30 bits per heavy atom. The van der Waals surface area contributed by atoms with Crippen molar-refractivity contribution in [2.24, 2.45) is 0 Å². The van der Waals surface area contributed by atoms with Gasteiger partial charge in [0.15, 0.2) is 0 Å². The molecule has 0 radical (unpaired) electrons. The molecule has 0 aliphatic carbocycles. The van der Waals surface area contributed by atoms with E-state index in [4.69, 9.17) is 4.19 Å². The molecule has 0 aliphatic rings. The van der Waals surface area contributed by atoms with E-state index in [0.717, 1.165) is 0 Å². The van der Waals surface area contributed by atoms with Crippen molar-refractivity contribution in [1.29, 1.82) is 0 Å². The molecule has 1 N–H and O–H groups in total. The monoisotopic (exact) mass is 206 g/mol. The molecular formula is C6H6O3Se. The molecule has 1 atom stereocenters. The Morgan fingerprint density at radius 3 is 2.40 bits per heavy atom. The van der Waals surface area contributed by atoms with Crippen LogP contribution in [0.25, 0.3) is 0 Å². The van der Waals surface area contributed by atoms with E-state index in [1.54, 1.807) is 24.3 Å². The Balaban J connectivity index is 2.67. The van der Waals surface area contributed by atoms with E-state index in [-0.39, 0.29) is 0 Å². The second kappa shape index (κ2) is 3.46. The van der Waals surface area contributed by atoms with Gasteiger partial charge in [-0.15, -0.1) is 0 Å². The maximum atomic E-state index is 10.2. The summed E-state index contributed by atoms with van der Waals surface area (Å²) >= 11 is -3.03. The molecule has 54 valence electrons. The van der Waals surface area contributed by atoms with Gasteiger partial charge in [-0.2, -0.15) is 0 Å². The average molecular weight is 205 g/mol. The van der Waals surface area contributed by atoms with E-state index in [1.807, 2.05) is 6.07 Å². The van der Waals surface area contributed by atoms with Crippen LogP contribution >= 0.6 is 0 Å². The minimum absolute atomic E-state index is 0.435. The first-order chi connectivity index (χ1) is 4.79. The van der Waals surface area contributed by atoms with Gasteiger partial charge in [0, 0.05) is 0 Å². The number of rotatable bonds is 2. The van der Waals surface area contributed by atoms with Crippen molar-refractivity contribution in [3.8, 4) is 5.75 Å². The van der Waals surface area contributed by atoms with Crippen LogP contribution in [0.15, 0.2) is 30.3 Å². The molecular weight excluding hydrogens is 199 g/mol. The van der Waals surface area contributed by atoms with Crippen LogP contribution in [0.2, 0.25) is 0 Å². The standard InChI is InChI=1S/C6H6O3Se/c7-10(8)9-6-4-2-1-3-5-6/h1-5H,(H,7,8). The van der Waals surface area contributed by atoms with E-state index in [9.17, 15) is 3.83 Å². The molecule has 0 amide bonds. The maximum absolute atomic E-state index is 10.2. The molecule has 1 aromatic rings. The van der Waals surface area contributed by atoms with Crippen LogP contribution in [0.1, 0.15) is 0 Å². The molecule has 0 aromatic heterocycles. The fourth-order valence-electron chi connectivity index (χ4n) is 0.558. The normalized spacial score (nSPS) is 12.5. The zero-order valence-electron chi connectivity index (χ0n) is 5.06. The molecule has 4 heteroatoms. The molecule has 0 heterocycles. The van der Waals surface area contributed by atoms with Crippen LogP contribution in [0.3, 0.4) is 0 Å². The van der Waals surface area contributed by atoms with Crippen LogP contribution in [-0.4, -0.2) is 18.7 Å². The van der Waals surface area contributed by atoms with Gasteiger partial charge in [0.2, 0.25) is 0 Å². The van der Waals surface area contributed by atoms with Gasteiger partial charge >= 0.3 is 62.4 Å². The van der Waals surface area contributed by atoms with Crippen LogP contribution in [-0.2, 0) is 3.83 Å². The summed E-state index contributed by atoms with van der Waals surface area (Å²) in [6, 6.07) is 8.55. The number of hydrogen-bond acceptors (Lipinski definition) is 2. The second-order valence-electron chi connectivity index (χ2n) is 1.61. The van der Waals surface area contributed by atoms with E-state index in [0.29, 0.717) is 5.75 Å². The van der Waals surface area contributed by atoms with Gasteiger partial charge in [-0.3, -0.25) is 0 Å². The van der Waals surface area contributed by atoms with Gasteiger partial charge in [-0.05, 0) is 0 Å². The minimum atomic E-state index is -3.03. The summed E-state index contributed by atoms with van der Waals surface area (Å²) in [6.45, 7) is 0.